The van der Waals surface area contributed by atoms with E-state index in [-0.39, 0.29) is 11.5 Å². The average Bonchev–Trinajstić information content (AvgIpc) is 2.98. The number of rotatable bonds is 1. The van der Waals surface area contributed by atoms with Crippen molar-refractivity contribution in [3.8, 4) is 0 Å². The van der Waals surface area contributed by atoms with E-state index in [1.54, 1.807) is 0 Å². The maximum Gasteiger partial charge on any atom is 0.154 e. The van der Waals surface area contributed by atoms with Crippen LogP contribution in [0.3, 0.4) is 0 Å². The van der Waals surface area contributed by atoms with Crippen LogP contribution in [0, 0.1) is 0 Å². The Morgan fingerprint density at radius 1 is 1.10 bits per heavy atom. The largest absolute Gasteiger partial charge is 0.252 e. The van der Waals surface area contributed by atoms with Crippen LogP contribution in [0.15, 0.2) is 24.3 Å². The summed E-state index contributed by atoms with van der Waals surface area (Å²) in [6.07, 6.45) is 5.44. The van der Waals surface area contributed by atoms with E-state index < -0.39 is 9.84 Å². The van der Waals surface area contributed by atoms with E-state index in [4.69, 9.17) is 4.98 Å². The minimum atomic E-state index is -2.96. The molecule has 4 heteroatoms. The number of pyridine rings is 1. The lowest BCUT2D eigenvalue weighted by atomic mass is 9.88. The van der Waals surface area contributed by atoms with Gasteiger partial charge in [-0.1, -0.05) is 31.0 Å². The maximum atomic E-state index is 12.1. The van der Waals surface area contributed by atoms with Crippen LogP contribution in [0.5, 0.6) is 0 Å². The zero-order valence-corrected chi connectivity index (χ0v) is 12.8. The van der Waals surface area contributed by atoms with Crippen LogP contribution < -0.4 is 0 Å². The van der Waals surface area contributed by atoms with Crippen molar-refractivity contribution in [2.75, 3.05) is 5.75 Å². The highest BCUT2D eigenvalue weighted by atomic mass is 32.2. The number of aryl methyl sites for hydroxylation is 1. The van der Waals surface area contributed by atoms with Gasteiger partial charge in [0.2, 0.25) is 0 Å². The van der Waals surface area contributed by atoms with E-state index in [0.717, 1.165) is 16.8 Å². The predicted molar refractivity (Wildman–Crippen MR) is 84.1 cm³/mol. The molecule has 0 atom stereocenters. The second-order valence-electron chi connectivity index (χ2n) is 6.29. The van der Waals surface area contributed by atoms with Gasteiger partial charge in [-0.3, -0.25) is 4.98 Å². The molecule has 0 amide bonds. The number of hydrogen-bond donors (Lipinski definition) is 0. The maximum absolute atomic E-state index is 12.1. The quantitative estimate of drug-likeness (QED) is 0.811. The van der Waals surface area contributed by atoms with Crippen LogP contribution in [-0.4, -0.2) is 19.2 Å². The Bertz CT molecular complexity index is 805. The molecule has 0 spiro atoms. The second kappa shape index (κ2) is 4.80. The van der Waals surface area contributed by atoms with Crippen LogP contribution in [0.4, 0.5) is 0 Å². The van der Waals surface area contributed by atoms with Crippen LogP contribution >= 0.6 is 0 Å². The molecule has 4 rings (SSSR count). The minimum Gasteiger partial charge on any atom is -0.252 e. The van der Waals surface area contributed by atoms with Crippen molar-refractivity contribution >= 4 is 20.7 Å². The van der Waals surface area contributed by atoms with E-state index in [2.05, 4.69) is 12.1 Å². The molecule has 2 aliphatic rings. The van der Waals surface area contributed by atoms with Crippen molar-refractivity contribution in [3.05, 3.63) is 41.1 Å². The minimum absolute atomic E-state index is 0.187. The molecule has 110 valence electrons. The Morgan fingerprint density at radius 3 is 2.67 bits per heavy atom. The summed E-state index contributed by atoms with van der Waals surface area (Å²) >= 11 is 0. The van der Waals surface area contributed by atoms with Gasteiger partial charge in [-0.15, -0.1) is 0 Å². The van der Waals surface area contributed by atoms with Gasteiger partial charge in [0.15, 0.2) is 9.84 Å². The SMILES string of the molecule is O=S1(=O)CCc2nc3ccccc3c(C3CCCC3)c2C1. The molecule has 2 aromatic rings. The summed E-state index contributed by atoms with van der Waals surface area (Å²) in [5.74, 6) is 0.946. The fourth-order valence-corrected chi connectivity index (χ4v) is 5.33. The summed E-state index contributed by atoms with van der Waals surface area (Å²) < 4.78 is 24.2. The zero-order valence-electron chi connectivity index (χ0n) is 12.0. The molecule has 1 saturated carbocycles. The molecule has 0 bridgehead atoms. The Hall–Kier alpha value is -1.42. The first kappa shape index (κ1) is 13.3. The smallest absolute Gasteiger partial charge is 0.154 e. The lowest BCUT2D eigenvalue weighted by Crippen LogP contribution is -2.22. The Labute approximate surface area is 125 Å². The summed E-state index contributed by atoms with van der Waals surface area (Å²) in [6.45, 7) is 0. The monoisotopic (exact) mass is 301 g/mol. The standard InChI is InChI=1S/C17H19NO2S/c19-21(20)10-9-16-14(11-21)17(12-5-1-2-6-12)13-7-3-4-8-15(13)18-16/h3-4,7-8,12H,1-2,5-6,9-11H2. The summed E-state index contributed by atoms with van der Waals surface area (Å²) in [4.78, 5) is 4.75. The fraction of sp³-hybridized carbons (Fsp3) is 0.471. The molecule has 3 nitrogen and oxygen atoms in total. The van der Waals surface area contributed by atoms with Crippen molar-refractivity contribution in [2.45, 2.75) is 43.8 Å². The Balaban J connectivity index is 2.01. The zero-order chi connectivity index (χ0) is 14.4. The number of fused-ring (bicyclic) bond motifs is 2. The van der Waals surface area contributed by atoms with E-state index in [1.807, 2.05) is 12.1 Å². The van der Waals surface area contributed by atoms with Gasteiger partial charge < -0.3 is 0 Å². The number of aromatic nitrogens is 1. The molecule has 0 saturated heterocycles. The van der Waals surface area contributed by atoms with E-state index in [1.165, 1.54) is 36.6 Å². The molecule has 0 N–H and O–H groups in total. The highest BCUT2D eigenvalue weighted by Crippen LogP contribution is 2.41. The van der Waals surface area contributed by atoms with Crippen molar-refractivity contribution in [2.24, 2.45) is 0 Å². The van der Waals surface area contributed by atoms with Crippen molar-refractivity contribution in [1.29, 1.82) is 0 Å². The molecule has 1 aromatic carbocycles. The van der Waals surface area contributed by atoms with Crippen LogP contribution in [0.25, 0.3) is 10.9 Å². The van der Waals surface area contributed by atoms with Crippen molar-refractivity contribution in [1.82, 2.24) is 4.98 Å². The molecule has 1 aliphatic carbocycles. The van der Waals surface area contributed by atoms with Crippen LogP contribution in [0.1, 0.15) is 48.4 Å². The Kier molecular flexibility index (Phi) is 3.03. The second-order valence-corrected chi connectivity index (χ2v) is 8.48. The number of para-hydroxylation sites is 1. The molecule has 0 unspecified atom stereocenters. The third kappa shape index (κ3) is 2.26. The van der Waals surface area contributed by atoms with Gasteiger partial charge in [0.25, 0.3) is 0 Å². The first-order chi connectivity index (χ1) is 10.1. The van der Waals surface area contributed by atoms with Gasteiger partial charge in [0.1, 0.15) is 0 Å². The van der Waals surface area contributed by atoms with Gasteiger partial charge in [-0.25, -0.2) is 8.42 Å². The average molecular weight is 301 g/mol. The number of nitrogens with zero attached hydrogens (tertiary/aromatic N) is 1. The normalized spacial score (nSPS) is 21.5. The van der Waals surface area contributed by atoms with Crippen molar-refractivity contribution in [3.63, 3.8) is 0 Å². The first-order valence-corrected chi connectivity index (χ1v) is 9.57. The summed E-state index contributed by atoms with van der Waals surface area (Å²) in [6, 6.07) is 8.21. The van der Waals surface area contributed by atoms with Crippen LogP contribution in [-0.2, 0) is 22.0 Å². The third-order valence-electron chi connectivity index (χ3n) is 4.90. The number of benzene rings is 1. The topological polar surface area (TPSA) is 47.0 Å². The van der Waals surface area contributed by atoms with Crippen LogP contribution in [0.2, 0.25) is 0 Å². The molecule has 1 aromatic heterocycles. The van der Waals surface area contributed by atoms with E-state index in [9.17, 15) is 8.42 Å². The first-order valence-electron chi connectivity index (χ1n) is 7.75. The molecule has 1 aliphatic heterocycles. The van der Waals surface area contributed by atoms with Gasteiger partial charge in [0.05, 0.1) is 17.0 Å². The fourth-order valence-electron chi connectivity index (χ4n) is 3.92. The van der Waals surface area contributed by atoms with E-state index in [0.29, 0.717) is 12.3 Å². The van der Waals surface area contributed by atoms with Crippen molar-refractivity contribution < 1.29 is 8.42 Å². The highest BCUT2D eigenvalue weighted by molar-refractivity contribution is 7.90. The van der Waals surface area contributed by atoms with Gasteiger partial charge in [-0.05, 0) is 36.0 Å². The lowest BCUT2D eigenvalue weighted by Gasteiger charge is -2.24. The summed E-state index contributed by atoms with van der Waals surface area (Å²) in [7, 11) is -2.96. The van der Waals surface area contributed by atoms with E-state index >= 15 is 0 Å². The molecule has 2 heterocycles. The molecule has 21 heavy (non-hydrogen) atoms. The molecule has 0 radical (unpaired) electrons. The highest BCUT2D eigenvalue weighted by Gasteiger charge is 2.30. The number of hydrogen-bond acceptors (Lipinski definition) is 3. The predicted octanol–water partition coefficient (Wildman–Crippen LogP) is 3.36. The lowest BCUT2D eigenvalue weighted by molar-refractivity contribution is 0.589. The van der Waals surface area contributed by atoms with Gasteiger partial charge >= 0.3 is 0 Å². The third-order valence-corrected chi connectivity index (χ3v) is 6.46. The number of sulfone groups is 1. The van der Waals surface area contributed by atoms with Gasteiger partial charge in [-0.2, -0.15) is 0 Å². The van der Waals surface area contributed by atoms with Gasteiger partial charge in [0, 0.05) is 17.5 Å². The molecule has 1 fully saturated rings. The summed E-state index contributed by atoms with van der Waals surface area (Å²) in [5, 5.41) is 1.17. The molecular formula is C17H19NO2S. The molecular weight excluding hydrogens is 282 g/mol. The summed E-state index contributed by atoms with van der Waals surface area (Å²) in [5.41, 5.74) is 4.35. The Morgan fingerprint density at radius 2 is 1.86 bits per heavy atom.